The molecule has 1 saturated heterocycles. The molecule has 1 aliphatic rings. The van der Waals surface area contributed by atoms with E-state index in [0.717, 1.165) is 19.3 Å². The van der Waals surface area contributed by atoms with Gasteiger partial charge in [0, 0.05) is 25.2 Å². The number of sulfonamides is 1. The van der Waals surface area contributed by atoms with Gasteiger partial charge < -0.3 is 9.64 Å². The molecule has 6 nitrogen and oxygen atoms in total. The van der Waals surface area contributed by atoms with Crippen LogP contribution in [0.4, 0.5) is 0 Å². The van der Waals surface area contributed by atoms with Crippen LogP contribution in [0.5, 0.6) is 5.75 Å². The largest absolute Gasteiger partial charge is 0.495 e. The third kappa shape index (κ3) is 5.50. The molecule has 3 rings (SSSR count). The lowest BCUT2D eigenvalue weighted by atomic mass is 9.93. The van der Waals surface area contributed by atoms with Crippen molar-refractivity contribution in [3.05, 3.63) is 59.1 Å². The van der Waals surface area contributed by atoms with Gasteiger partial charge in [0.1, 0.15) is 5.75 Å². The summed E-state index contributed by atoms with van der Waals surface area (Å²) in [4.78, 5) is 14.5. The maximum absolute atomic E-state index is 12.5. The average Bonchev–Trinajstić information content (AvgIpc) is 2.74. The lowest BCUT2D eigenvalue weighted by molar-refractivity contribution is 0.0687. The summed E-state index contributed by atoms with van der Waals surface area (Å²) in [5.41, 5.74) is 0.705. The van der Waals surface area contributed by atoms with Crippen molar-refractivity contribution in [2.75, 3.05) is 26.7 Å². The molecular formula is C21H25ClN2O4S. The second-order valence-corrected chi connectivity index (χ2v) is 9.26. The number of nitrogens with one attached hydrogen (secondary N) is 1. The number of hydrogen-bond acceptors (Lipinski definition) is 4. The first kappa shape index (κ1) is 21.6. The quantitative estimate of drug-likeness (QED) is 0.719. The first-order valence-electron chi connectivity index (χ1n) is 9.58. The van der Waals surface area contributed by atoms with Crippen molar-refractivity contribution in [2.45, 2.75) is 24.2 Å². The average molecular weight is 437 g/mol. The number of amides is 1. The zero-order valence-corrected chi connectivity index (χ0v) is 17.9. The fourth-order valence-electron chi connectivity index (χ4n) is 3.48. The predicted molar refractivity (Wildman–Crippen MR) is 113 cm³/mol. The summed E-state index contributed by atoms with van der Waals surface area (Å²) in [6.45, 7) is 1.74. The lowest BCUT2D eigenvalue weighted by Crippen LogP contribution is -2.39. The molecule has 8 heteroatoms. The van der Waals surface area contributed by atoms with Crippen LogP contribution in [-0.4, -0.2) is 46.0 Å². The molecule has 0 unspecified atom stereocenters. The number of likely N-dealkylation sites (tertiary alicyclic amines) is 1. The van der Waals surface area contributed by atoms with E-state index >= 15 is 0 Å². The highest BCUT2D eigenvalue weighted by atomic mass is 35.5. The van der Waals surface area contributed by atoms with E-state index < -0.39 is 10.0 Å². The molecule has 0 aliphatic carbocycles. The predicted octanol–water partition coefficient (Wildman–Crippen LogP) is 3.57. The van der Waals surface area contributed by atoms with Gasteiger partial charge in [0.15, 0.2) is 0 Å². The van der Waals surface area contributed by atoms with Gasteiger partial charge in [0.2, 0.25) is 10.0 Å². The van der Waals surface area contributed by atoms with Gasteiger partial charge >= 0.3 is 0 Å². The molecule has 0 spiro atoms. The van der Waals surface area contributed by atoms with Crippen LogP contribution in [0.15, 0.2) is 53.4 Å². The summed E-state index contributed by atoms with van der Waals surface area (Å²) in [6, 6.07) is 13.7. The molecule has 1 fully saturated rings. The van der Waals surface area contributed by atoms with Gasteiger partial charge in [0.05, 0.1) is 17.0 Å². The maximum Gasteiger partial charge on any atom is 0.253 e. The first-order chi connectivity index (χ1) is 13.9. The fourth-order valence-corrected chi connectivity index (χ4v) is 4.88. The minimum absolute atomic E-state index is 0.0566. The van der Waals surface area contributed by atoms with Crippen molar-refractivity contribution in [3.8, 4) is 5.75 Å². The number of piperidine rings is 1. The second-order valence-electron chi connectivity index (χ2n) is 7.08. The zero-order valence-electron chi connectivity index (χ0n) is 16.3. The Morgan fingerprint density at radius 2 is 1.86 bits per heavy atom. The molecular weight excluding hydrogens is 412 g/mol. The maximum atomic E-state index is 12.5. The Balaban J connectivity index is 1.47. The lowest BCUT2D eigenvalue weighted by Gasteiger charge is -2.32. The van der Waals surface area contributed by atoms with Crippen molar-refractivity contribution in [2.24, 2.45) is 5.92 Å². The van der Waals surface area contributed by atoms with E-state index in [-0.39, 0.29) is 15.8 Å². The van der Waals surface area contributed by atoms with Crippen molar-refractivity contribution >= 4 is 27.5 Å². The number of ether oxygens (including phenoxy) is 1. The minimum Gasteiger partial charge on any atom is -0.495 e. The summed E-state index contributed by atoms with van der Waals surface area (Å²) in [7, 11) is -2.14. The Labute approximate surface area is 176 Å². The molecule has 0 aromatic heterocycles. The summed E-state index contributed by atoms with van der Waals surface area (Å²) < 4.78 is 32.6. The SMILES string of the molecule is COc1ccc(S(=O)(=O)NCCC2CCN(C(=O)c3ccccc3)CC2)cc1Cl. The first-order valence-corrected chi connectivity index (χ1v) is 11.4. The molecule has 2 aromatic rings. The van der Waals surface area contributed by atoms with E-state index in [1.54, 1.807) is 0 Å². The Kier molecular flexibility index (Phi) is 7.16. The minimum atomic E-state index is -3.62. The second kappa shape index (κ2) is 9.61. The van der Waals surface area contributed by atoms with E-state index in [9.17, 15) is 13.2 Å². The van der Waals surface area contributed by atoms with Gasteiger partial charge in [-0.25, -0.2) is 13.1 Å². The monoisotopic (exact) mass is 436 g/mol. The number of carbonyl (C=O) groups excluding carboxylic acids is 1. The number of rotatable bonds is 7. The smallest absolute Gasteiger partial charge is 0.253 e. The molecule has 2 aromatic carbocycles. The third-order valence-corrected chi connectivity index (χ3v) is 6.95. The van der Waals surface area contributed by atoms with E-state index in [1.807, 2.05) is 35.2 Å². The highest BCUT2D eigenvalue weighted by molar-refractivity contribution is 7.89. The van der Waals surface area contributed by atoms with Crippen LogP contribution in [0.3, 0.4) is 0 Å². The number of methoxy groups -OCH3 is 1. The van der Waals surface area contributed by atoms with Gasteiger partial charge in [-0.3, -0.25) is 4.79 Å². The van der Waals surface area contributed by atoms with Gasteiger partial charge in [-0.1, -0.05) is 29.8 Å². The Morgan fingerprint density at radius 1 is 1.17 bits per heavy atom. The van der Waals surface area contributed by atoms with Gasteiger partial charge in [0.25, 0.3) is 5.91 Å². The molecule has 0 saturated carbocycles. The zero-order chi connectivity index (χ0) is 20.9. The Morgan fingerprint density at radius 3 is 2.48 bits per heavy atom. The van der Waals surface area contributed by atoms with E-state index in [4.69, 9.17) is 16.3 Å². The summed E-state index contributed by atoms with van der Waals surface area (Å²) >= 11 is 6.03. The normalized spacial score (nSPS) is 15.3. The molecule has 1 aliphatic heterocycles. The van der Waals surface area contributed by atoms with Gasteiger partial charge in [-0.15, -0.1) is 0 Å². The van der Waals surface area contributed by atoms with Crippen molar-refractivity contribution in [1.29, 1.82) is 0 Å². The molecule has 156 valence electrons. The molecule has 0 atom stereocenters. The van der Waals surface area contributed by atoms with Crippen LogP contribution in [-0.2, 0) is 10.0 Å². The van der Waals surface area contributed by atoms with Crippen molar-refractivity contribution in [3.63, 3.8) is 0 Å². The molecule has 29 heavy (non-hydrogen) atoms. The topological polar surface area (TPSA) is 75.7 Å². The molecule has 0 radical (unpaired) electrons. The van der Waals surface area contributed by atoms with Gasteiger partial charge in [-0.05, 0) is 55.5 Å². The van der Waals surface area contributed by atoms with Crippen LogP contribution in [0.2, 0.25) is 5.02 Å². The van der Waals surface area contributed by atoms with E-state index in [1.165, 1.54) is 25.3 Å². The van der Waals surface area contributed by atoms with Crippen molar-refractivity contribution in [1.82, 2.24) is 9.62 Å². The molecule has 1 heterocycles. The molecule has 1 N–H and O–H groups in total. The van der Waals surface area contributed by atoms with Gasteiger partial charge in [-0.2, -0.15) is 0 Å². The van der Waals surface area contributed by atoms with Crippen LogP contribution in [0.25, 0.3) is 0 Å². The number of benzene rings is 2. The number of hydrogen-bond donors (Lipinski definition) is 1. The van der Waals surface area contributed by atoms with Crippen LogP contribution in [0.1, 0.15) is 29.6 Å². The molecule has 0 bridgehead atoms. The Hall–Kier alpha value is -2.09. The Bertz CT molecular complexity index is 942. The van der Waals surface area contributed by atoms with E-state index in [0.29, 0.717) is 36.9 Å². The summed E-state index contributed by atoms with van der Waals surface area (Å²) in [6.07, 6.45) is 2.47. The highest BCUT2D eigenvalue weighted by Crippen LogP contribution is 2.27. The summed E-state index contributed by atoms with van der Waals surface area (Å²) in [5, 5.41) is 0.255. The van der Waals surface area contributed by atoms with Crippen molar-refractivity contribution < 1.29 is 17.9 Å². The van der Waals surface area contributed by atoms with Crippen LogP contribution in [0, 0.1) is 5.92 Å². The summed E-state index contributed by atoms with van der Waals surface area (Å²) in [5.74, 6) is 0.876. The molecule has 1 amide bonds. The third-order valence-electron chi connectivity index (χ3n) is 5.20. The van der Waals surface area contributed by atoms with Crippen LogP contribution < -0.4 is 9.46 Å². The fraction of sp³-hybridized carbons (Fsp3) is 0.381. The standard InChI is InChI=1S/C21H25ClN2O4S/c1-28-20-8-7-18(15-19(20)22)29(26,27)23-12-9-16-10-13-24(14-11-16)21(25)17-5-3-2-4-6-17/h2-8,15-16,23H,9-14H2,1H3. The number of halogens is 1. The van der Waals surface area contributed by atoms with Crippen LogP contribution >= 0.6 is 11.6 Å². The number of nitrogens with zero attached hydrogens (tertiary/aromatic N) is 1. The number of carbonyl (C=O) groups is 1. The van der Waals surface area contributed by atoms with E-state index in [2.05, 4.69) is 4.72 Å². The highest BCUT2D eigenvalue weighted by Gasteiger charge is 2.24.